The third kappa shape index (κ3) is 3.82. The number of fused-ring (bicyclic) bond motifs is 1. The van der Waals surface area contributed by atoms with E-state index in [1.807, 2.05) is 0 Å². The lowest BCUT2D eigenvalue weighted by atomic mass is 9.95. The molecular formula is C19H22ClFN4O3. The molecule has 2 atom stereocenters. The van der Waals surface area contributed by atoms with Gasteiger partial charge in [-0.1, -0.05) is 25.4 Å². The van der Waals surface area contributed by atoms with Gasteiger partial charge in [0.2, 0.25) is 0 Å². The first-order chi connectivity index (χ1) is 13.3. The second kappa shape index (κ2) is 8.18. The van der Waals surface area contributed by atoms with Crippen LogP contribution in [0, 0.1) is 11.7 Å². The van der Waals surface area contributed by atoms with Crippen LogP contribution in [0.5, 0.6) is 0 Å². The fourth-order valence-corrected chi connectivity index (χ4v) is 3.56. The summed E-state index contributed by atoms with van der Waals surface area (Å²) in [5, 5.41) is 3.07. The van der Waals surface area contributed by atoms with Crippen LogP contribution in [0.4, 0.5) is 9.18 Å². The lowest BCUT2D eigenvalue weighted by molar-refractivity contribution is -0.144. The molecule has 2 N–H and O–H groups in total. The molecule has 1 aliphatic heterocycles. The predicted octanol–water partition coefficient (Wildman–Crippen LogP) is 3.06. The number of hydrogen-bond donors (Lipinski definition) is 2. The minimum atomic E-state index is -0.817. The molecule has 7 nitrogen and oxygen atoms in total. The second-order valence-electron chi connectivity index (χ2n) is 6.97. The van der Waals surface area contributed by atoms with E-state index in [9.17, 15) is 14.0 Å². The number of amides is 2. The topological polar surface area (TPSA) is 87.3 Å². The molecule has 1 aromatic carbocycles. The number of halogens is 2. The van der Waals surface area contributed by atoms with Gasteiger partial charge in [-0.3, -0.25) is 0 Å². The number of carbonyl (C=O) groups is 2. The third-order valence-electron chi connectivity index (χ3n) is 4.84. The van der Waals surface area contributed by atoms with Crippen LogP contribution in [0.3, 0.4) is 0 Å². The van der Waals surface area contributed by atoms with Crippen LogP contribution in [-0.2, 0) is 16.0 Å². The van der Waals surface area contributed by atoms with E-state index in [0.29, 0.717) is 23.7 Å². The highest BCUT2D eigenvalue weighted by Crippen LogP contribution is 2.35. The van der Waals surface area contributed by atoms with E-state index >= 15 is 0 Å². The van der Waals surface area contributed by atoms with Gasteiger partial charge < -0.3 is 19.9 Å². The van der Waals surface area contributed by atoms with Gasteiger partial charge in [0.05, 0.1) is 19.1 Å². The normalized spacial score (nSPS) is 17.2. The number of urea groups is 1. The summed E-state index contributed by atoms with van der Waals surface area (Å²) < 4.78 is 19.4. The molecule has 0 bridgehead atoms. The summed E-state index contributed by atoms with van der Waals surface area (Å²) in [5.41, 5.74) is 1.64. The Hall–Kier alpha value is -2.61. The number of H-pyrrole nitrogens is 1. The van der Waals surface area contributed by atoms with E-state index in [2.05, 4.69) is 15.3 Å². The van der Waals surface area contributed by atoms with E-state index in [-0.39, 0.29) is 11.5 Å². The van der Waals surface area contributed by atoms with Crippen molar-refractivity contribution in [3.63, 3.8) is 0 Å². The molecule has 0 aliphatic carbocycles. The van der Waals surface area contributed by atoms with Crippen molar-refractivity contribution in [3.8, 4) is 0 Å². The number of benzene rings is 1. The monoisotopic (exact) mass is 408 g/mol. The minimum Gasteiger partial charge on any atom is -0.467 e. The van der Waals surface area contributed by atoms with Gasteiger partial charge in [-0.15, -0.1) is 0 Å². The van der Waals surface area contributed by atoms with Gasteiger partial charge in [0, 0.05) is 29.2 Å². The van der Waals surface area contributed by atoms with Crippen molar-refractivity contribution >= 4 is 23.6 Å². The van der Waals surface area contributed by atoms with E-state index in [1.54, 1.807) is 13.8 Å². The van der Waals surface area contributed by atoms with Crippen molar-refractivity contribution in [2.45, 2.75) is 32.4 Å². The second-order valence-corrected chi connectivity index (χ2v) is 7.41. The third-order valence-corrected chi connectivity index (χ3v) is 5.07. The molecule has 3 rings (SSSR count). The largest absolute Gasteiger partial charge is 0.467 e. The summed E-state index contributed by atoms with van der Waals surface area (Å²) >= 11 is 6.08. The number of nitrogens with zero attached hydrogens (tertiary/aromatic N) is 2. The molecule has 1 aliphatic rings. The van der Waals surface area contributed by atoms with Gasteiger partial charge >= 0.3 is 12.0 Å². The molecule has 2 heterocycles. The molecule has 2 aromatic rings. The summed E-state index contributed by atoms with van der Waals surface area (Å²) in [6.07, 6.45) is 2.05. The smallest absolute Gasteiger partial charge is 0.328 e. The Morgan fingerprint density at radius 1 is 1.43 bits per heavy atom. The number of imidazole rings is 1. The molecule has 0 radical (unpaired) electrons. The molecule has 0 saturated carbocycles. The van der Waals surface area contributed by atoms with E-state index in [0.717, 1.165) is 5.69 Å². The first kappa shape index (κ1) is 20.1. The highest BCUT2D eigenvalue weighted by atomic mass is 35.5. The maximum absolute atomic E-state index is 14.6. The Kier molecular flexibility index (Phi) is 5.88. The molecule has 2 amide bonds. The quantitative estimate of drug-likeness (QED) is 0.761. The lowest BCUT2D eigenvalue weighted by Gasteiger charge is -2.36. The zero-order valence-electron chi connectivity index (χ0n) is 15.8. The number of esters is 1. The van der Waals surface area contributed by atoms with E-state index in [1.165, 1.54) is 36.5 Å². The van der Waals surface area contributed by atoms with Crippen molar-refractivity contribution in [1.29, 1.82) is 0 Å². The molecule has 0 fully saturated rings. The number of carbonyl (C=O) groups excluding carboxylic acids is 2. The average molecular weight is 409 g/mol. The zero-order chi connectivity index (χ0) is 20.4. The molecule has 150 valence electrons. The Bertz CT molecular complexity index is 886. The number of ether oxygens (including phenoxy) is 1. The van der Waals surface area contributed by atoms with Crippen molar-refractivity contribution in [1.82, 2.24) is 20.2 Å². The van der Waals surface area contributed by atoms with Crippen molar-refractivity contribution in [2.24, 2.45) is 5.92 Å². The molecule has 0 saturated heterocycles. The summed E-state index contributed by atoms with van der Waals surface area (Å²) in [6, 6.07) is 2.13. The summed E-state index contributed by atoms with van der Waals surface area (Å²) in [5.74, 6) is -1.20. The van der Waals surface area contributed by atoms with Gasteiger partial charge in [-0.05, 0) is 24.1 Å². The first-order valence-corrected chi connectivity index (χ1v) is 9.33. The number of aromatic nitrogens is 2. The molecule has 28 heavy (non-hydrogen) atoms. The molecular weight excluding hydrogens is 387 g/mol. The number of hydrogen-bond acceptors (Lipinski definition) is 4. The highest BCUT2D eigenvalue weighted by Gasteiger charge is 2.37. The molecule has 9 heteroatoms. The van der Waals surface area contributed by atoms with E-state index < -0.39 is 29.9 Å². The Balaban J connectivity index is 1.98. The lowest BCUT2D eigenvalue weighted by Crippen LogP contribution is -2.53. The highest BCUT2D eigenvalue weighted by molar-refractivity contribution is 6.30. The maximum atomic E-state index is 14.6. The number of methoxy groups -OCH3 is 1. The van der Waals surface area contributed by atoms with Crippen molar-refractivity contribution < 1.29 is 18.7 Å². The van der Waals surface area contributed by atoms with Crippen LogP contribution in [-0.4, -0.2) is 46.6 Å². The standard InChI is InChI=1S/C19H22ClFN4O3/c1-10(2)15(18(26)28-3)24-19(27)25-7-6-14-16(23-9-22-14)17(25)12-8-11(20)4-5-13(12)21/h4-5,8-10,15,17H,6-7H2,1-3H3,(H,22,23)(H,24,27)/t15-,17-/m0/s1. The Morgan fingerprint density at radius 2 is 2.18 bits per heavy atom. The minimum absolute atomic E-state index is 0.177. The number of nitrogens with one attached hydrogen (secondary N) is 2. The van der Waals surface area contributed by atoms with Gasteiger partial charge in [0.15, 0.2) is 0 Å². The Labute approximate surface area is 167 Å². The van der Waals surface area contributed by atoms with Crippen LogP contribution < -0.4 is 5.32 Å². The maximum Gasteiger partial charge on any atom is 0.328 e. The van der Waals surface area contributed by atoms with Gasteiger partial charge in [-0.25, -0.2) is 19.0 Å². The van der Waals surface area contributed by atoms with Crippen LogP contribution in [0.1, 0.15) is 36.8 Å². The fourth-order valence-electron chi connectivity index (χ4n) is 3.38. The Morgan fingerprint density at radius 3 is 2.86 bits per heavy atom. The SMILES string of the molecule is COC(=O)[C@@H](NC(=O)N1CCc2[nH]cnc2[C@@H]1c1cc(Cl)ccc1F)C(C)C. The molecule has 0 spiro atoms. The van der Waals surface area contributed by atoms with Crippen molar-refractivity contribution in [2.75, 3.05) is 13.7 Å². The van der Waals surface area contributed by atoms with Crippen molar-refractivity contribution in [3.05, 3.63) is 52.3 Å². The van der Waals surface area contributed by atoms with Crippen LogP contribution in [0.25, 0.3) is 0 Å². The van der Waals surface area contributed by atoms with Gasteiger partial charge in [-0.2, -0.15) is 0 Å². The zero-order valence-corrected chi connectivity index (χ0v) is 16.6. The van der Waals surface area contributed by atoms with Crippen LogP contribution in [0.2, 0.25) is 5.02 Å². The predicted molar refractivity (Wildman–Crippen MR) is 101 cm³/mol. The van der Waals surface area contributed by atoms with Crippen LogP contribution >= 0.6 is 11.6 Å². The first-order valence-electron chi connectivity index (χ1n) is 8.95. The fraction of sp³-hybridized carbons (Fsp3) is 0.421. The summed E-state index contributed by atoms with van der Waals surface area (Å²) in [4.78, 5) is 33.9. The van der Waals surface area contributed by atoms with E-state index in [4.69, 9.17) is 16.3 Å². The van der Waals surface area contributed by atoms with Gasteiger partial charge in [0.1, 0.15) is 17.9 Å². The van der Waals surface area contributed by atoms with Gasteiger partial charge in [0.25, 0.3) is 0 Å². The summed E-state index contributed by atoms with van der Waals surface area (Å²) in [6.45, 7) is 3.93. The molecule has 1 aromatic heterocycles. The average Bonchev–Trinajstić information content (AvgIpc) is 3.15. The summed E-state index contributed by atoms with van der Waals surface area (Å²) in [7, 11) is 1.27. The number of rotatable bonds is 4. The van der Waals surface area contributed by atoms with Crippen LogP contribution in [0.15, 0.2) is 24.5 Å². The number of aromatic amines is 1. The molecule has 0 unspecified atom stereocenters.